The number of thiophene rings is 1. The van der Waals surface area contributed by atoms with E-state index in [0.717, 1.165) is 35.5 Å². The Kier molecular flexibility index (Phi) is 5.77. The molecule has 9 heteroatoms. The van der Waals surface area contributed by atoms with Crippen LogP contribution in [0, 0.1) is 0 Å². The second-order valence-corrected chi connectivity index (χ2v) is 8.84. The number of sulfonamides is 1. The molecule has 128 valence electrons. The number of piperidine rings is 1. The molecule has 1 aliphatic heterocycles. The van der Waals surface area contributed by atoms with Crippen molar-refractivity contribution in [2.24, 2.45) is 0 Å². The molecule has 0 atom stereocenters. The summed E-state index contributed by atoms with van der Waals surface area (Å²) in [6.45, 7) is 0.703. The van der Waals surface area contributed by atoms with Crippen molar-refractivity contribution in [1.82, 2.24) is 9.21 Å². The van der Waals surface area contributed by atoms with Crippen LogP contribution in [0.5, 0.6) is 0 Å². The van der Waals surface area contributed by atoms with Gasteiger partial charge in [0.15, 0.2) is 0 Å². The molecule has 2 rings (SSSR count). The van der Waals surface area contributed by atoms with Crippen LogP contribution >= 0.6 is 11.3 Å². The van der Waals surface area contributed by atoms with Crippen molar-refractivity contribution in [3.05, 3.63) is 17.0 Å². The third-order valence-corrected chi connectivity index (χ3v) is 7.12. The van der Waals surface area contributed by atoms with E-state index < -0.39 is 16.0 Å². The molecule has 1 amide bonds. The van der Waals surface area contributed by atoms with Crippen LogP contribution in [-0.4, -0.2) is 61.3 Å². The zero-order valence-corrected chi connectivity index (χ0v) is 14.5. The molecular weight excluding hydrogens is 340 g/mol. The van der Waals surface area contributed by atoms with Crippen LogP contribution in [0.1, 0.15) is 24.1 Å². The average Bonchev–Trinajstić information content (AvgIpc) is 2.96. The number of carboxylic acids is 1. The fraction of sp³-hybridized carbons (Fsp3) is 0.571. The molecular formula is C14H20N2O5S2. The molecule has 0 saturated carbocycles. The number of carbonyl (C=O) groups excluding carboxylic acids is 1. The molecule has 1 aliphatic rings. The number of carbonyl (C=O) groups is 2. The maximum absolute atomic E-state index is 12.5. The van der Waals surface area contributed by atoms with Crippen LogP contribution in [-0.2, 0) is 26.0 Å². The van der Waals surface area contributed by atoms with Gasteiger partial charge in [0.1, 0.15) is 10.8 Å². The van der Waals surface area contributed by atoms with Crippen molar-refractivity contribution < 1.29 is 23.1 Å². The lowest BCUT2D eigenvalue weighted by molar-refractivity contribution is -0.143. The lowest BCUT2D eigenvalue weighted by Crippen LogP contribution is -2.35. The Morgan fingerprint density at radius 1 is 1.26 bits per heavy atom. The number of likely N-dealkylation sites (N-methyl/N-ethyl adjacent to an activating group) is 1. The number of rotatable bonds is 6. The number of nitrogens with zero attached hydrogens (tertiary/aromatic N) is 2. The summed E-state index contributed by atoms with van der Waals surface area (Å²) in [7, 11) is -2.07. The second kappa shape index (κ2) is 7.41. The highest BCUT2D eigenvalue weighted by molar-refractivity contribution is 7.91. The number of hydrogen-bond donors (Lipinski definition) is 1. The van der Waals surface area contributed by atoms with E-state index in [9.17, 15) is 18.0 Å². The summed E-state index contributed by atoms with van der Waals surface area (Å²) in [6, 6.07) is 3.14. The highest BCUT2D eigenvalue weighted by Crippen LogP contribution is 2.27. The van der Waals surface area contributed by atoms with Crippen molar-refractivity contribution in [3.63, 3.8) is 0 Å². The van der Waals surface area contributed by atoms with E-state index in [1.807, 2.05) is 0 Å². The first-order valence-electron chi connectivity index (χ1n) is 7.35. The molecule has 0 unspecified atom stereocenters. The van der Waals surface area contributed by atoms with Crippen LogP contribution in [0.3, 0.4) is 0 Å². The largest absolute Gasteiger partial charge is 0.480 e. The lowest BCUT2D eigenvalue weighted by atomic mass is 10.2. The SMILES string of the molecule is CN(CC(=O)O)C(=O)Cc1ccc(S(=O)(=O)N2CCCCC2)s1. The van der Waals surface area contributed by atoms with Gasteiger partial charge in [-0.3, -0.25) is 9.59 Å². The van der Waals surface area contributed by atoms with Gasteiger partial charge in [0.25, 0.3) is 10.0 Å². The molecule has 1 aromatic rings. The molecule has 0 aliphatic carbocycles. The van der Waals surface area contributed by atoms with Gasteiger partial charge in [-0.25, -0.2) is 8.42 Å². The minimum Gasteiger partial charge on any atom is -0.480 e. The van der Waals surface area contributed by atoms with Crippen molar-refractivity contribution in [3.8, 4) is 0 Å². The Balaban J connectivity index is 2.05. The van der Waals surface area contributed by atoms with Gasteiger partial charge in [-0.05, 0) is 25.0 Å². The number of amides is 1. The highest BCUT2D eigenvalue weighted by Gasteiger charge is 2.27. The summed E-state index contributed by atoms with van der Waals surface area (Å²) in [5.41, 5.74) is 0. The van der Waals surface area contributed by atoms with Gasteiger partial charge in [0.2, 0.25) is 5.91 Å². The number of hydrogen-bond acceptors (Lipinski definition) is 5. The van der Waals surface area contributed by atoms with E-state index >= 15 is 0 Å². The van der Waals surface area contributed by atoms with Gasteiger partial charge < -0.3 is 10.0 Å². The zero-order chi connectivity index (χ0) is 17.0. The van der Waals surface area contributed by atoms with Crippen molar-refractivity contribution >= 4 is 33.2 Å². The third kappa shape index (κ3) is 4.52. The first kappa shape index (κ1) is 17.9. The molecule has 0 aromatic carbocycles. The maximum Gasteiger partial charge on any atom is 0.323 e. The minimum absolute atomic E-state index is 0.00394. The van der Waals surface area contributed by atoms with Crippen LogP contribution in [0.25, 0.3) is 0 Å². The molecule has 7 nitrogen and oxygen atoms in total. The second-order valence-electron chi connectivity index (χ2n) is 5.51. The summed E-state index contributed by atoms with van der Waals surface area (Å²) < 4.78 is 26.8. The van der Waals surface area contributed by atoms with Crippen molar-refractivity contribution in [1.29, 1.82) is 0 Å². The zero-order valence-electron chi connectivity index (χ0n) is 12.9. The lowest BCUT2D eigenvalue weighted by Gasteiger charge is -2.25. The molecule has 0 spiro atoms. The molecule has 23 heavy (non-hydrogen) atoms. The molecule has 1 fully saturated rings. The van der Waals surface area contributed by atoms with E-state index in [1.54, 1.807) is 6.07 Å². The summed E-state index contributed by atoms with van der Waals surface area (Å²) in [5.74, 6) is -1.43. The quantitative estimate of drug-likeness (QED) is 0.817. The van der Waals surface area contributed by atoms with E-state index in [1.165, 1.54) is 17.4 Å². The van der Waals surface area contributed by atoms with Gasteiger partial charge in [-0.1, -0.05) is 6.42 Å². The smallest absolute Gasteiger partial charge is 0.323 e. The normalized spacial score (nSPS) is 16.2. The van der Waals surface area contributed by atoms with Crippen LogP contribution in [0.2, 0.25) is 0 Å². The topological polar surface area (TPSA) is 95.0 Å². The number of carboxylic acid groups (broad SMARTS) is 1. The summed E-state index contributed by atoms with van der Waals surface area (Å²) in [6.07, 6.45) is 2.79. The fourth-order valence-electron chi connectivity index (χ4n) is 2.40. The fourth-order valence-corrected chi connectivity index (χ4v) is 5.42. The molecule has 0 bridgehead atoms. The molecule has 0 radical (unpaired) electrons. The molecule has 1 N–H and O–H groups in total. The summed E-state index contributed by atoms with van der Waals surface area (Å²) in [5, 5.41) is 8.68. The predicted molar refractivity (Wildman–Crippen MR) is 85.9 cm³/mol. The van der Waals surface area contributed by atoms with E-state index in [0.29, 0.717) is 18.0 Å². The first-order chi connectivity index (χ1) is 10.8. The third-order valence-electron chi connectivity index (χ3n) is 3.67. The summed E-state index contributed by atoms with van der Waals surface area (Å²) in [4.78, 5) is 24.2. The molecule has 1 saturated heterocycles. The van der Waals surface area contributed by atoms with E-state index in [-0.39, 0.29) is 23.1 Å². The van der Waals surface area contributed by atoms with Gasteiger partial charge >= 0.3 is 5.97 Å². The van der Waals surface area contributed by atoms with Gasteiger partial charge in [-0.15, -0.1) is 11.3 Å². The van der Waals surface area contributed by atoms with Crippen molar-refractivity contribution in [2.75, 3.05) is 26.7 Å². The standard InChI is InChI=1S/C14H20N2O5S2/c1-15(10-13(18)19)12(17)9-11-5-6-14(22-11)23(20,21)16-7-3-2-4-8-16/h5-6H,2-4,7-10H2,1H3,(H,18,19). The van der Waals surface area contributed by atoms with E-state index in [4.69, 9.17) is 5.11 Å². The number of aliphatic carboxylic acids is 1. The average molecular weight is 360 g/mol. The Bertz CT molecular complexity index is 677. The van der Waals surface area contributed by atoms with Gasteiger partial charge in [0, 0.05) is 25.0 Å². The Morgan fingerprint density at radius 2 is 1.91 bits per heavy atom. The minimum atomic E-state index is -3.48. The monoisotopic (exact) mass is 360 g/mol. The van der Waals surface area contributed by atoms with Gasteiger partial charge in [-0.2, -0.15) is 4.31 Å². The van der Waals surface area contributed by atoms with Crippen LogP contribution < -0.4 is 0 Å². The summed E-state index contributed by atoms with van der Waals surface area (Å²) >= 11 is 1.07. The molecule has 1 aromatic heterocycles. The highest BCUT2D eigenvalue weighted by atomic mass is 32.2. The van der Waals surface area contributed by atoms with Gasteiger partial charge in [0.05, 0.1) is 6.42 Å². The Morgan fingerprint density at radius 3 is 2.52 bits per heavy atom. The van der Waals surface area contributed by atoms with E-state index in [2.05, 4.69) is 0 Å². The van der Waals surface area contributed by atoms with Crippen LogP contribution in [0.4, 0.5) is 0 Å². The van der Waals surface area contributed by atoms with Crippen LogP contribution in [0.15, 0.2) is 16.3 Å². The Hall–Kier alpha value is -1.45. The first-order valence-corrected chi connectivity index (χ1v) is 9.61. The van der Waals surface area contributed by atoms with Crippen molar-refractivity contribution in [2.45, 2.75) is 29.9 Å². The Labute approximate surface area is 139 Å². The predicted octanol–water partition coefficient (Wildman–Crippen LogP) is 1.01. The molecule has 2 heterocycles. The maximum atomic E-state index is 12.5.